The van der Waals surface area contributed by atoms with Gasteiger partial charge >= 0.3 is 0 Å². The Hall–Kier alpha value is -0.0800. The first-order valence-corrected chi connectivity index (χ1v) is 8.76. The molecule has 0 amide bonds. The van der Waals surface area contributed by atoms with Crippen molar-refractivity contribution < 1.29 is 13.2 Å². The van der Waals surface area contributed by atoms with Crippen molar-refractivity contribution in [3.63, 3.8) is 0 Å². The van der Waals surface area contributed by atoms with Gasteiger partial charge in [-0.3, -0.25) is 0 Å². The van der Waals surface area contributed by atoms with Gasteiger partial charge in [0.05, 0.1) is 28.9 Å². The molecule has 1 aliphatic heterocycles. The van der Waals surface area contributed by atoms with E-state index in [4.69, 9.17) is 27.9 Å². The van der Waals surface area contributed by atoms with E-state index in [1.807, 2.05) is 0 Å². The number of hydrogen-bond acceptors (Lipinski definition) is 4. The second-order valence-corrected chi connectivity index (χ2v) is 7.26. The van der Waals surface area contributed by atoms with Crippen LogP contribution in [-0.4, -0.2) is 40.4 Å². The molecule has 1 aliphatic rings. The van der Waals surface area contributed by atoms with Crippen molar-refractivity contribution in [1.82, 2.24) is 10.0 Å². The predicted molar refractivity (Wildman–Crippen MR) is 87.0 cm³/mol. The van der Waals surface area contributed by atoms with Crippen molar-refractivity contribution in [2.75, 3.05) is 26.0 Å². The average Bonchev–Trinajstić information content (AvgIpc) is 2.56. The van der Waals surface area contributed by atoms with E-state index in [-0.39, 0.29) is 12.4 Å². The van der Waals surface area contributed by atoms with Crippen LogP contribution in [-0.2, 0) is 14.8 Å². The highest BCUT2D eigenvalue weighted by Gasteiger charge is 2.28. The molecule has 1 fully saturated rings. The lowest BCUT2D eigenvalue weighted by Gasteiger charge is -2.25. The van der Waals surface area contributed by atoms with Crippen molar-refractivity contribution in [2.45, 2.75) is 12.1 Å². The highest BCUT2D eigenvalue weighted by Crippen LogP contribution is 2.29. The molecule has 0 aliphatic carbocycles. The van der Waals surface area contributed by atoms with Gasteiger partial charge in [-0.2, -0.15) is 0 Å². The van der Waals surface area contributed by atoms with Crippen molar-refractivity contribution in [3.8, 4) is 0 Å². The Bertz CT molecular complexity index is 583. The second-order valence-electron chi connectivity index (χ2n) is 4.67. The third-order valence-electron chi connectivity index (χ3n) is 2.94. The van der Waals surface area contributed by atoms with Gasteiger partial charge in [0.1, 0.15) is 6.10 Å². The monoisotopic (exact) mass is 374 g/mol. The zero-order valence-corrected chi connectivity index (χ0v) is 14.5. The van der Waals surface area contributed by atoms with Gasteiger partial charge in [-0.25, -0.2) is 13.1 Å². The summed E-state index contributed by atoms with van der Waals surface area (Å²) in [5.74, 6) is 0. The number of rotatable bonds is 3. The molecule has 5 nitrogen and oxygen atoms in total. The summed E-state index contributed by atoms with van der Waals surface area (Å²) < 4.78 is 31.3. The zero-order chi connectivity index (χ0) is 14.8. The van der Waals surface area contributed by atoms with Crippen LogP contribution in [0.4, 0.5) is 0 Å². The molecule has 1 saturated heterocycles. The third kappa shape index (κ3) is 5.56. The number of halogens is 3. The van der Waals surface area contributed by atoms with Gasteiger partial charge in [-0.15, -0.1) is 12.4 Å². The Morgan fingerprint density at radius 3 is 2.67 bits per heavy atom. The standard InChI is InChI=1S/C12H16Cl2N2O3S.ClH/c1-20(17,18)16-11-7-15-4-5-19-12(11)8-2-3-9(13)10(14)6-8;/h2-3,6,11-12,15-16H,4-5,7H2,1H3;1H/t11-,12+;/m0./s1. The van der Waals surface area contributed by atoms with E-state index in [2.05, 4.69) is 10.0 Å². The molecule has 120 valence electrons. The number of nitrogens with one attached hydrogen (secondary N) is 2. The Balaban J connectivity index is 0.00000220. The summed E-state index contributed by atoms with van der Waals surface area (Å²) >= 11 is 11.9. The lowest BCUT2D eigenvalue weighted by atomic mass is 10.0. The third-order valence-corrected chi connectivity index (χ3v) is 4.41. The lowest BCUT2D eigenvalue weighted by molar-refractivity contribution is 0.0494. The van der Waals surface area contributed by atoms with E-state index >= 15 is 0 Å². The summed E-state index contributed by atoms with van der Waals surface area (Å²) in [6.45, 7) is 1.64. The van der Waals surface area contributed by atoms with Crippen LogP contribution in [0.2, 0.25) is 10.0 Å². The number of benzene rings is 1. The van der Waals surface area contributed by atoms with E-state index in [1.54, 1.807) is 18.2 Å². The largest absolute Gasteiger partial charge is 0.370 e. The van der Waals surface area contributed by atoms with Crippen LogP contribution >= 0.6 is 35.6 Å². The fourth-order valence-corrected chi connectivity index (χ4v) is 3.20. The van der Waals surface area contributed by atoms with Gasteiger partial charge in [0.25, 0.3) is 0 Å². The molecule has 0 bridgehead atoms. The highest BCUT2D eigenvalue weighted by molar-refractivity contribution is 7.88. The van der Waals surface area contributed by atoms with Gasteiger partial charge in [-0.1, -0.05) is 29.3 Å². The minimum absolute atomic E-state index is 0. The molecule has 0 radical (unpaired) electrons. The maximum absolute atomic E-state index is 11.5. The van der Waals surface area contributed by atoms with Crippen LogP contribution in [0.25, 0.3) is 0 Å². The van der Waals surface area contributed by atoms with E-state index in [0.717, 1.165) is 11.8 Å². The van der Waals surface area contributed by atoms with E-state index in [1.165, 1.54) is 0 Å². The Morgan fingerprint density at radius 2 is 2.05 bits per heavy atom. The number of hydrogen-bond donors (Lipinski definition) is 2. The molecule has 9 heteroatoms. The quantitative estimate of drug-likeness (QED) is 0.848. The van der Waals surface area contributed by atoms with Crippen molar-refractivity contribution in [2.24, 2.45) is 0 Å². The molecule has 1 heterocycles. The molecular weight excluding hydrogens is 359 g/mol. The maximum Gasteiger partial charge on any atom is 0.209 e. The summed E-state index contributed by atoms with van der Waals surface area (Å²) in [5.41, 5.74) is 0.796. The van der Waals surface area contributed by atoms with E-state index < -0.39 is 22.2 Å². The van der Waals surface area contributed by atoms with Crippen molar-refractivity contribution >= 4 is 45.6 Å². The first-order valence-electron chi connectivity index (χ1n) is 6.11. The fraction of sp³-hybridized carbons (Fsp3) is 0.500. The van der Waals surface area contributed by atoms with Gasteiger partial charge in [0, 0.05) is 13.1 Å². The molecule has 2 rings (SSSR count). The summed E-state index contributed by atoms with van der Waals surface area (Å²) in [5, 5.41) is 4.01. The summed E-state index contributed by atoms with van der Waals surface area (Å²) in [7, 11) is -3.33. The van der Waals surface area contributed by atoms with E-state index in [0.29, 0.717) is 29.7 Å². The number of ether oxygens (including phenoxy) is 1. The molecule has 2 atom stereocenters. The predicted octanol–water partition coefficient (Wildman–Crippen LogP) is 1.99. The minimum atomic E-state index is -3.33. The molecule has 0 saturated carbocycles. The second kappa shape index (κ2) is 7.97. The SMILES string of the molecule is CS(=O)(=O)N[C@H]1CNCCO[C@@H]1c1ccc(Cl)c(Cl)c1.Cl. The molecule has 0 aromatic heterocycles. The van der Waals surface area contributed by atoms with Gasteiger partial charge in [0.15, 0.2) is 0 Å². The number of sulfonamides is 1. The zero-order valence-electron chi connectivity index (χ0n) is 11.3. The average molecular weight is 376 g/mol. The molecule has 1 aromatic carbocycles. The molecule has 1 aromatic rings. The van der Waals surface area contributed by atoms with Crippen LogP contribution in [0, 0.1) is 0 Å². The Morgan fingerprint density at radius 1 is 1.33 bits per heavy atom. The van der Waals surface area contributed by atoms with Gasteiger partial charge < -0.3 is 10.1 Å². The minimum Gasteiger partial charge on any atom is -0.370 e. The Kier molecular flexibility index (Phi) is 7.19. The van der Waals surface area contributed by atoms with E-state index in [9.17, 15) is 8.42 Å². The maximum atomic E-state index is 11.5. The fourth-order valence-electron chi connectivity index (χ4n) is 2.14. The first-order chi connectivity index (χ1) is 9.37. The van der Waals surface area contributed by atoms with Crippen LogP contribution < -0.4 is 10.0 Å². The topological polar surface area (TPSA) is 67.4 Å². The van der Waals surface area contributed by atoms with Crippen LogP contribution in [0.5, 0.6) is 0 Å². The van der Waals surface area contributed by atoms with Crippen molar-refractivity contribution in [3.05, 3.63) is 33.8 Å². The molecule has 0 spiro atoms. The summed E-state index contributed by atoms with van der Waals surface area (Å²) in [4.78, 5) is 0. The first kappa shape index (κ1) is 19.0. The van der Waals surface area contributed by atoms with Crippen LogP contribution in [0.3, 0.4) is 0 Å². The molecule has 2 N–H and O–H groups in total. The Labute approximate surface area is 140 Å². The smallest absolute Gasteiger partial charge is 0.209 e. The highest BCUT2D eigenvalue weighted by atomic mass is 35.5. The summed E-state index contributed by atoms with van der Waals surface area (Å²) in [6, 6.07) is 4.78. The van der Waals surface area contributed by atoms with Crippen molar-refractivity contribution in [1.29, 1.82) is 0 Å². The van der Waals surface area contributed by atoms with Gasteiger partial charge in [-0.05, 0) is 17.7 Å². The summed E-state index contributed by atoms with van der Waals surface area (Å²) in [6.07, 6.45) is 0.721. The molecule has 0 unspecified atom stereocenters. The van der Waals surface area contributed by atoms with Crippen LogP contribution in [0.15, 0.2) is 18.2 Å². The van der Waals surface area contributed by atoms with Crippen LogP contribution in [0.1, 0.15) is 11.7 Å². The van der Waals surface area contributed by atoms with Gasteiger partial charge in [0.2, 0.25) is 10.0 Å². The molecular formula is C12H17Cl3N2O3S. The molecule has 21 heavy (non-hydrogen) atoms. The lowest BCUT2D eigenvalue weighted by Crippen LogP contribution is -2.44. The normalized spacial score (nSPS) is 23.2.